The minimum absolute atomic E-state index is 0.0741. The third-order valence-electron chi connectivity index (χ3n) is 6.87. The van der Waals surface area contributed by atoms with Gasteiger partial charge in [0, 0.05) is 24.5 Å². The monoisotopic (exact) mass is 409 g/mol. The normalized spacial score (nSPS) is 21.9. The van der Waals surface area contributed by atoms with Crippen LogP contribution < -0.4 is 0 Å². The minimum atomic E-state index is -0.278. The van der Waals surface area contributed by atoms with Gasteiger partial charge in [-0.1, -0.05) is 24.6 Å². The summed E-state index contributed by atoms with van der Waals surface area (Å²) in [7, 11) is 0. The lowest BCUT2D eigenvalue weighted by Gasteiger charge is -2.36. The van der Waals surface area contributed by atoms with E-state index in [9.17, 15) is 14.7 Å². The molecule has 0 unspecified atom stereocenters. The van der Waals surface area contributed by atoms with Gasteiger partial charge in [-0.15, -0.1) is 0 Å². The van der Waals surface area contributed by atoms with Crippen molar-refractivity contribution in [2.45, 2.75) is 56.6 Å². The van der Waals surface area contributed by atoms with Gasteiger partial charge in [0.2, 0.25) is 0 Å². The van der Waals surface area contributed by atoms with Crippen LogP contribution in [0.4, 0.5) is 4.79 Å². The van der Waals surface area contributed by atoms with E-state index in [2.05, 4.69) is 4.98 Å². The standard InChI is InChI=1S/C23H27N3O4/c27-19-6-4-5-16-7-8-18(24-20(16)19)21(28)25-13-9-17(10-14-25)26-15-23(30-22(26)29)11-2-1-3-12-23/h4-8,17,27H,1-3,9-15H2. The SMILES string of the molecule is O=C(c1ccc2cccc(O)c2n1)N1CCC(N2CC3(CCCCC3)OC2=O)CC1. The summed E-state index contributed by atoms with van der Waals surface area (Å²) in [5.41, 5.74) is 0.499. The number of piperidine rings is 1. The van der Waals surface area contributed by atoms with Crippen molar-refractivity contribution in [3.8, 4) is 5.75 Å². The summed E-state index contributed by atoms with van der Waals surface area (Å²) in [5.74, 6) is -0.0589. The Balaban J connectivity index is 1.24. The number of carbonyl (C=O) groups is 2. The molecule has 1 aromatic carbocycles. The van der Waals surface area contributed by atoms with Crippen LogP contribution in [0.1, 0.15) is 55.4 Å². The second-order valence-corrected chi connectivity index (χ2v) is 8.81. The van der Waals surface area contributed by atoms with E-state index in [1.807, 2.05) is 17.0 Å². The Hall–Kier alpha value is -2.83. The Kier molecular flexibility index (Phi) is 4.76. The minimum Gasteiger partial charge on any atom is -0.506 e. The van der Waals surface area contributed by atoms with Crippen molar-refractivity contribution >= 4 is 22.9 Å². The molecule has 3 fully saturated rings. The fraction of sp³-hybridized carbons (Fsp3) is 0.522. The number of nitrogens with zero attached hydrogens (tertiary/aromatic N) is 3. The topological polar surface area (TPSA) is 83.0 Å². The summed E-state index contributed by atoms with van der Waals surface area (Å²) in [6.45, 7) is 1.86. The van der Waals surface area contributed by atoms with Gasteiger partial charge in [-0.3, -0.25) is 4.79 Å². The first-order valence-electron chi connectivity index (χ1n) is 10.9. The van der Waals surface area contributed by atoms with Crippen LogP contribution in [-0.2, 0) is 4.74 Å². The number of pyridine rings is 1. The first kappa shape index (κ1) is 19.2. The fourth-order valence-electron chi connectivity index (χ4n) is 5.18. The molecule has 1 spiro atoms. The molecule has 3 heterocycles. The number of likely N-dealkylation sites (tertiary alicyclic amines) is 1. The highest BCUT2D eigenvalue weighted by molar-refractivity contribution is 5.96. The van der Waals surface area contributed by atoms with Crippen LogP contribution in [0.25, 0.3) is 10.9 Å². The average Bonchev–Trinajstić information content (AvgIpc) is 3.09. The van der Waals surface area contributed by atoms with E-state index in [4.69, 9.17) is 4.74 Å². The zero-order valence-corrected chi connectivity index (χ0v) is 17.0. The molecule has 7 nitrogen and oxygen atoms in total. The number of rotatable bonds is 2. The van der Waals surface area contributed by atoms with Crippen molar-refractivity contribution in [1.29, 1.82) is 0 Å². The van der Waals surface area contributed by atoms with E-state index >= 15 is 0 Å². The quantitative estimate of drug-likeness (QED) is 0.818. The molecular formula is C23H27N3O4. The van der Waals surface area contributed by atoms with Crippen LogP contribution in [0.2, 0.25) is 0 Å². The largest absolute Gasteiger partial charge is 0.506 e. The molecule has 1 N–H and O–H groups in total. The second-order valence-electron chi connectivity index (χ2n) is 8.81. The molecule has 0 radical (unpaired) electrons. The van der Waals surface area contributed by atoms with Crippen LogP contribution in [-0.4, -0.2) is 63.2 Å². The summed E-state index contributed by atoms with van der Waals surface area (Å²) in [5, 5.41) is 10.8. The highest BCUT2D eigenvalue weighted by Gasteiger charge is 2.48. The Morgan fingerprint density at radius 2 is 1.87 bits per heavy atom. The number of aromatic hydroxyl groups is 1. The van der Waals surface area contributed by atoms with E-state index in [1.165, 1.54) is 6.42 Å². The van der Waals surface area contributed by atoms with Gasteiger partial charge in [0.25, 0.3) is 5.91 Å². The van der Waals surface area contributed by atoms with Crippen molar-refractivity contribution in [2.24, 2.45) is 0 Å². The van der Waals surface area contributed by atoms with E-state index in [-0.39, 0.29) is 29.4 Å². The predicted octanol–water partition coefficient (Wildman–Crippen LogP) is 3.70. The number of phenolic OH excluding ortho intramolecular Hbond substituents is 1. The lowest BCUT2D eigenvalue weighted by Crippen LogP contribution is -2.48. The van der Waals surface area contributed by atoms with Gasteiger partial charge < -0.3 is 19.6 Å². The fourth-order valence-corrected chi connectivity index (χ4v) is 5.18. The highest BCUT2D eigenvalue weighted by Crippen LogP contribution is 2.38. The molecule has 158 valence electrons. The molecule has 0 atom stereocenters. The predicted molar refractivity (Wildman–Crippen MR) is 111 cm³/mol. The highest BCUT2D eigenvalue weighted by atomic mass is 16.6. The summed E-state index contributed by atoms with van der Waals surface area (Å²) >= 11 is 0. The van der Waals surface area contributed by atoms with E-state index < -0.39 is 0 Å². The van der Waals surface area contributed by atoms with Crippen LogP contribution in [0, 0.1) is 0 Å². The number of amides is 2. The number of fused-ring (bicyclic) bond motifs is 1. The van der Waals surface area contributed by atoms with E-state index in [1.54, 1.807) is 23.1 Å². The van der Waals surface area contributed by atoms with Gasteiger partial charge in [0.05, 0.1) is 6.54 Å². The van der Waals surface area contributed by atoms with Crippen molar-refractivity contribution in [3.63, 3.8) is 0 Å². The van der Waals surface area contributed by atoms with E-state index in [0.29, 0.717) is 30.8 Å². The molecule has 2 aromatic rings. The molecule has 1 aromatic heterocycles. The Morgan fingerprint density at radius 3 is 2.63 bits per heavy atom. The Bertz CT molecular complexity index is 978. The molecule has 0 bridgehead atoms. The van der Waals surface area contributed by atoms with Crippen molar-refractivity contribution < 1.29 is 19.4 Å². The zero-order chi connectivity index (χ0) is 20.7. The maximum Gasteiger partial charge on any atom is 0.410 e. The van der Waals surface area contributed by atoms with Crippen molar-refractivity contribution in [2.75, 3.05) is 19.6 Å². The molecule has 2 amide bonds. The molecular weight excluding hydrogens is 382 g/mol. The Labute approximate surface area is 175 Å². The van der Waals surface area contributed by atoms with Crippen LogP contribution in [0.15, 0.2) is 30.3 Å². The van der Waals surface area contributed by atoms with Gasteiger partial charge in [0.1, 0.15) is 22.6 Å². The second kappa shape index (κ2) is 7.45. The number of para-hydroxylation sites is 1. The van der Waals surface area contributed by atoms with Crippen LogP contribution >= 0.6 is 0 Å². The van der Waals surface area contributed by atoms with Gasteiger partial charge in [-0.25, -0.2) is 9.78 Å². The summed E-state index contributed by atoms with van der Waals surface area (Å²) in [6.07, 6.45) is 6.71. The smallest absolute Gasteiger partial charge is 0.410 e. The van der Waals surface area contributed by atoms with Crippen molar-refractivity contribution in [1.82, 2.24) is 14.8 Å². The number of aromatic nitrogens is 1. The lowest BCUT2D eigenvalue weighted by molar-refractivity contribution is 0.0259. The third kappa shape index (κ3) is 3.36. The zero-order valence-electron chi connectivity index (χ0n) is 17.0. The number of hydrogen-bond donors (Lipinski definition) is 1. The molecule has 30 heavy (non-hydrogen) atoms. The molecule has 1 saturated carbocycles. The molecule has 1 aliphatic carbocycles. The molecule has 3 aliphatic rings. The van der Waals surface area contributed by atoms with Gasteiger partial charge >= 0.3 is 6.09 Å². The van der Waals surface area contributed by atoms with Crippen LogP contribution in [0.3, 0.4) is 0 Å². The first-order valence-corrected chi connectivity index (χ1v) is 10.9. The van der Waals surface area contributed by atoms with Gasteiger partial charge in [0.15, 0.2) is 0 Å². The maximum atomic E-state index is 13.0. The summed E-state index contributed by atoms with van der Waals surface area (Å²) in [6, 6.07) is 8.83. The lowest BCUT2D eigenvalue weighted by atomic mass is 9.84. The molecule has 2 aliphatic heterocycles. The summed E-state index contributed by atoms with van der Waals surface area (Å²) in [4.78, 5) is 33.6. The van der Waals surface area contributed by atoms with Crippen molar-refractivity contribution in [3.05, 3.63) is 36.0 Å². The number of ether oxygens (including phenoxy) is 1. The van der Waals surface area contributed by atoms with Gasteiger partial charge in [-0.2, -0.15) is 0 Å². The Morgan fingerprint density at radius 1 is 1.10 bits per heavy atom. The molecule has 5 rings (SSSR count). The molecule has 7 heteroatoms. The number of benzene rings is 1. The average molecular weight is 409 g/mol. The number of hydrogen-bond acceptors (Lipinski definition) is 5. The number of carbonyl (C=O) groups excluding carboxylic acids is 2. The van der Waals surface area contributed by atoms with Crippen LogP contribution in [0.5, 0.6) is 5.75 Å². The van der Waals surface area contributed by atoms with Gasteiger partial charge in [-0.05, 0) is 50.7 Å². The third-order valence-corrected chi connectivity index (χ3v) is 6.87. The molecule has 2 saturated heterocycles. The maximum absolute atomic E-state index is 13.0. The first-order chi connectivity index (χ1) is 14.5. The summed E-state index contributed by atoms with van der Waals surface area (Å²) < 4.78 is 5.82. The van der Waals surface area contributed by atoms with E-state index in [0.717, 1.165) is 43.9 Å². The number of phenols is 1.